The lowest BCUT2D eigenvalue weighted by atomic mass is 10.3. The lowest BCUT2D eigenvalue weighted by molar-refractivity contribution is -0.133. The Morgan fingerprint density at radius 2 is 2.43 bits per heavy atom. The van der Waals surface area contributed by atoms with Crippen molar-refractivity contribution in [2.24, 2.45) is 0 Å². The number of aliphatic carboxylic acids is 1. The normalized spacial score (nSPS) is 10.4. The summed E-state index contributed by atoms with van der Waals surface area (Å²) in [5.74, 6) is 0.102. The van der Waals surface area contributed by atoms with Crippen LogP contribution in [0.25, 0.3) is 0 Å². The first-order valence-electron chi connectivity index (χ1n) is 4.46. The van der Waals surface area contributed by atoms with E-state index in [1.54, 1.807) is 0 Å². The zero-order valence-electron chi connectivity index (χ0n) is 8.36. The molecule has 1 heterocycles. The summed E-state index contributed by atoms with van der Waals surface area (Å²) in [7, 11) is 0. The molecule has 0 fully saturated rings. The molecular weight excluding hydrogens is 200 g/mol. The average molecular weight is 214 g/mol. The fraction of sp³-hybridized carbons (Fsp3) is 0.556. The van der Waals surface area contributed by atoms with Crippen molar-refractivity contribution in [2.45, 2.75) is 26.1 Å². The van der Waals surface area contributed by atoms with E-state index in [-0.39, 0.29) is 5.75 Å². The van der Waals surface area contributed by atoms with E-state index in [2.05, 4.69) is 5.10 Å². The minimum absolute atomic E-state index is 0.150. The number of thioether (sulfide) groups is 1. The van der Waals surface area contributed by atoms with Crippen LogP contribution in [0.4, 0.5) is 0 Å². The van der Waals surface area contributed by atoms with E-state index in [0.717, 1.165) is 23.6 Å². The summed E-state index contributed by atoms with van der Waals surface area (Å²) in [5, 5.41) is 12.8. The number of carbonyl (C=O) groups is 1. The molecule has 78 valence electrons. The first-order valence-corrected chi connectivity index (χ1v) is 5.61. The van der Waals surface area contributed by atoms with E-state index in [1.807, 2.05) is 24.7 Å². The zero-order valence-corrected chi connectivity index (χ0v) is 9.17. The molecule has 4 nitrogen and oxygen atoms in total. The van der Waals surface area contributed by atoms with E-state index >= 15 is 0 Å². The van der Waals surface area contributed by atoms with E-state index in [1.165, 1.54) is 11.8 Å². The summed E-state index contributed by atoms with van der Waals surface area (Å²) in [6.07, 6.45) is 1.98. The van der Waals surface area contributed by atoms with Gasteiger partial charge in [0.2, 0.25) is 0 Å². The highest BCUT2D eigenvalue weighted by molar-refractivity contribution is 7.99. The van der Waals surface area contributed by atoms with Gasteiger partial charge in [0.15, 0.2) is 0 Å². The van der Waals surface area contributed by atoms with E-state index < -0.39 is 5.97 Å². The Kier molecular flexibility index (Phi) is 4.00. The highest BCUT2D eigenvalue weighted by Crippen LogP contribution is 2.14. The van der Waals surface area contributed by atoms with Gasteiger partial charge in [0.25, 0.3) is 0 Å². The van der Waals surface area contributed by atoms with Gasteiger partial charge in [-0.05, 0) is 13.8 Å². The van der Waals surface area contributed by atoms with Gasteiger partial charge in [0.1, 0.15) is 0 Å². The molecule has 0 spiro atoms. The molecule has 0 saturated carbocycles. The maximum atomic E-state index is 10.3. The lowest BCUT2D eigenvalue weighted by Crippen LogP contribution is -1.98. The Labute approximate surface area is 87.3 Å². The number of aryl methyl sites for hydroxylation is 2. The fourth-order valence-corrected chi connectivity index (χ4v) is 1.89. The number of carboxylic acids is 1. The van der Waals surface area contributed by atoms with Gasteiger partial charge in [-0.3, -0.25) is 9.48 Å². The lowest BCUT2D eigenvalue weighted by Gasteiger charge is -1.95. The van der Waals surface area contributed by atoms with Crippen LogP contribution in [0.1, 0.15) is 18.2 Å². The molecule has 1 rings (SSSR count). The number of carboxylic acid groups (broad SMARTS) is 1. The van der Waals surface area contributed by atoms with Gasteiger partial charge in [0, 0.05) is 24.1 Å². The Morgan fingerprint density at radius 3 is 2.93 bits per heavy atom. The molecule has 0 radical (unpaired) electrons. The quantitative estimate of drug-likeness (QED) is 0.807. The summed E-state index contributed by atoms with van der Waals surface area (Å²) in [4.78, 5) is 10.3. The number of rotatable bonds is 5. The monoisotopic (exact) mass is 214 g/mol. The van der Waals surface area contributed by atoms with Crippen molar-refractivity contribution in [1.82, 2.24) is 9.78 Å². The molecule has 0 aliphatic heterocycles. The van der Waals surface area contributed by atoms with Crippen molar-refractivity contribution in [1.29, 1.82) is 0 Å². The van der Waals surface area contributed by atoms with Crippen LogP contribution >= 0.6 is 11.8 Å². The van der Waals surface area contributed by atoms with Crippen LogP contribution in [0.5, 0.6) is 0 Å². The first kappa shape index (κ1) is 11.1. The van der Waals surface area contributed by atoms with Gasteiger partial charge in [0.05, 0.1) is 11.4 Å². The highest BCUT2D eigenvalue weighted by Gasteiger charge is 2.05. The summed E-state index contributed by atoms with van der Waals surface area (Å²) in [5.41, 5.74) is 2.11. The van der Waals surface area contributed by atoms with E-state index in [9.17, 15) is 4.79 Å². The summed E-state index contributed by atoms with van der Waals surface area (Å²) in [6.45, 7) is 4.83. The summed E-state index contributed by atoms with van der Waals surface area (Å²) < 4.78 is 1.87. The largest absolute Gasteiger partial charge is 0.481 e. The first-order chi connectivity index (χ1) is 6.63. The molecule has 5 heteroatoms. The highest BCUT2D eigenvalue weighted by atomic mass is 32.2. The second-order valence-corrected chi connectivity index (χ2v) is 3.97. The minimum Gasteiger partial charge on any atom is -0.481 e. The number of hydrogen-bond acceptors (Lipinski definition) is 3. The van der Waals surface area contributed by atoms with Gasteiger partial charge in [-0.25, -0.2) is 0 Å². The molecule has 1 aromatic heterocycles. The van der Waals surface area contributed by atoms with Gasteiger partial charge in [-0.2, -0.15) is 5.10 Å². The van der Waals surface area contributed by atoms with Crippen LogP contribution in [-0.4, -0.2) is 26.6 Å². The molecule has 0 aromatic carbocycles. The summed E-state index contributed by atoms with van der Waals surface area (Å²) >= 11 is 1.40. The predicted molar refractivity (Wildman–Crippen MR) is 56.4 cm³/mol. The van der Waals surface area contributed by atoms with E-state index in [4.69, 9.17) is 5.11 Å². The van der Waals surface area contributed by atoms with Gasteiger partial charge >= 0.3 is 5.97 Å². The van der Waals surface area contributed by atoms with Gasteiger partial charge < -0.3 is 5.11 Å². The smallest absolute Gasteiger partial charge is 0.313 e. The topological polar surface area (TPSA) is 55.1 Å². The molecule has 0 amide bonds. The predicted octanol–water partition coefficient (Wildman–Crippen LogP) is 1.53. The van der Waals surface area contributed by atoms with Gasteiger partial charge in [-0.1, -0.05) is 0 Å². The molecule has 0 atom stereocenters. The molecule has 0 aliphatic carbocycles. The third-order valence-electron chi connectivity index (χ3n) is 1.86. The van der Waals surface area contributed by atoms with E-state index in [0.29, 0.717) is 0 Å². The molecule has 0 bridgehead atoms. The fourth-order valence-electron chi connectivity index (χ4n) is 1.11. The van der Waals surface area contributed by atoms with Crippen molar-refractivity contribution >= 4 is 17.7 Å². The molecule has 0 aliphatic rings. The van der Waals surface area contributed by atoms with Crippen LogP contribution in [0.3, 0.4) is 0 Å². The van der Waals surface area contributed by atoms with Crippen LogP contribution in [-0.2, 0) is 17.1 Å². The van der Waals surface area contributed by atoms with Crippen molar-refractivity contribution in [3.63, 3.8) is 0 Å². The van der Waals surface area contributed by atoms with Crippen molar-refractivity contribution < 1.29 is 9.90 Å². The van der Waals surface area contributed by atoms with Crippen molar-refractivity contribution in [3.05, 3.63) is 17.5 Å². The van der Waals surface area contributed by atoms with Crippen LogP contribution in [0.2, 0.25) is 0 Å². The number of hydrogen-bond donors (Lipinski definition) is 1. The van der Waals surface area contributed by atoms with Crippen LogP contribution < -0.4 is 0 Å². The molecule has 0 saturated heterocycles. The molecule has 1 aromatic rings. The second kappa shape index (κ2) is 5.05. The van der Waals surface area contributed by atoms with Crippen molar-refractivity contribution in [3.8, 4) is 0 Å². The molecular formula is C9H14N2O2S. The third-order valence-corrected chi connectivity index (χ3v) is 2.82. The van der Waals surface area contributed by atoms with Crippen LogP contribution in [0, 0.1) is 6.92 Å². The third kappa shape index (κ3) is 3.06. The second-order valence-electron chi connectivity index (χ2n) is 2.98. The van der Waals surface area contributed by atoms with Crippen LogP contribution in [0.15, 0.2) is 6.20 Å². The molecule has 14 heavy (non-hydrogen) atoms. The van der Waals surface area contributed by atoms with Crippen molar-refractivity contribution in [2.75, 3.05) is 5.75 Å². The van der Waals surface area contributed by atoms with Gasteiger partial charge in [-0.15, -0.1) is 11.8 Å². The molecule has 1 N–H and O–H groups in total. The average Bonchev–Trinajstić information content (AvgIpc) is 2.47. The maximum absolute atomic E-state index is 10.3. The number of nitrogens with zero attached hydrogens (tertiary/aromatic N) is 2. The Hall–Kier alpha value is -0.970. The number of aromatic nitrogens is 2. The zero-order chi connectivity index (χ0) is 10.6. The minimum atomic E-state index is -0.768. The Bertz CT molecular complexity index is 323. The Morgan fingerprint density at radius 1 is 1.71 bits per heavy atom. The molecule has 0 unspecified atom stereocenters. The Balaban J connectivity index is 2.49. The summed E-state index contributed by atoms with van der Waals surface area (Å²) in [6, 6.07) is 0. The standard InChI is InChI=1S/C9H14N2O2S/c1-3-11-4-8(7(2)10-11)5-14-6-9(12)13/h4H,3,5-6H2,1-2H3,(H,12,13). The maximum Gasteiger partial charge on any atom is 0.313 e. The SMILES string of the molecule is CCn1cc(CSCC(=O)O)c(C)n1.